The number of hydrogen-bond donors (Lipinski definition) is 2. The third-order valence-electron chi connectivity index (χ3n) is 8.25. The molecule has 3 atom stereocenters. The minimum atomic E-state index is -1.11. The second kappa shape index (κ2) is 13.5. The molecule has 3 aromatic carbocycles. The number of nitrogens with one attached hydrogen (secondary N) is 1. The van der Waals surface area contributed by atoms with Crippen LogP contribution < -0.4 is 20.7 Å². The van der Waals surface area contributed by atoms with Gasteiger partial charge in [0, 0.05) is 18.2 Å². The predicted octanol–water partition coefficient (Wildman–Crippen LogP) is 4.45. The molecule has 0 amide bonds. The molecule has 2 aliphatic rings. The quantitative estimate of drug-likeness (QED) is 0.211. The molecule has 0 radical (unpaired) electrons. The molecule has 1 aromatic heterocycles. The van der Waals surface area contributed by atoms with Gasteiger partial charge in [0.2, 0.25) is 0 Å². The second-order valence-corrected chi connectivity index (χ2v) is 11.0. The third kappa shape index (κ3) is 6.19. The Hall–Kier alpha value is -5.14. The van der Waals surface area contributed by atoms with Gasteiger partial charge in [-0.15, -0.1) is 0 Å². The summed E-state index contributed by atoms with van der Waals surface area (Å²) in [6.07, 6.45) is 5.39. The fourth-order valence-corrected chi connectivity index (χ4v) is 5.79. The van der Waals surface area contributed by atoms with Gasteiger partial charge in [0.25, 0.3) is 5.56 Å². The van der Waals surface area contributed by atoms with Crippen molar-refractivity contribution in [3.63, 3.8) is 0 Å². The SMILES string of the molecule is COc1ccc(C(OC[C@H]2O[C@@H](n3cc(C#CC4=CC=CC4)c(=O)[nH]c3=O)C[C@@H]2O)(c2ccccc2)c2ccc(OC)cc2)cc1. The molecular formula is C37H34N2O7. The molecule has 2 N–H and O–H groups in total. The highest BCUT2D eigenvalue weighted by Crippen LogP contribution is 2.42. The Morgan fingerprint density at radius 1 is 0.913 bits per heavy atom. The van der Waals surface area contributed by atoms with Gasteiger partial charge in [-0.1, -0.05) is 84.7 Å². The number of aliphatic hydroxyl groups is 1. The van der Waals surface area contributed by atoms with Crippen molar-refractivity contribution in [2.24, 2.45) is 0 Å². The van der Waals surface area contributed by atoms with E-state index in [0.717, 1.165) is 22.3 Å². The van der Waals surface area contributed by atoms with E-state index < -0.39 is 35.3 Å². The predicted molar refractivity (Wildman–Crippen MR) is 173 cm³/mol. The second-order valence-electron chi connectivity index (χ2n) is 11.0. The Balaban J connectivity index is 1.33. The zero-order chi connectivity index (χ0) is 32.1. The summed E-state index contributed by atoms with van der Waals surface area (Å²) < 4.78 is 25.3. The monoisotopic (exact) mass is 618 g/mol. The van der Waals surface area contributed by atoms with Crippen LogP contribution in [-0.4, -0.2) is 47.7 Å². The largest absolute Gasteiger partial charge is 0.497 e. The first-order valence-corrected chi connectivity index (χ1v) is 15.0. The fourth-order valence-electron chi connectivity index (χ4n) is 5.79. The molecule has 2 heterocycles. The molecule has 0 bridgehead atoms. The van der Waals surface area contributed by atoms with Crippen LogP contribution in [0.4, 0.5) is 0 Å². The van der Waals surface area contributed by atoms with Gasteiger partial charge in [0.15, 0.2) is 0 Å². The minimum Gasteiger partial charge on any atom is -0.497 e. The average molecular weight is 619 g/mol. The number of hydrogen-bond acceptors (Lipinski definition) is 7. The van der Waals surface area contributed by atoms with Gasteiger partial charge in [-0.25, -0.2) is 4.79 Å². The van der Waals surface area contributed by atoms with Crippen LogP contribution in [-0.2, 0) is 15.1 Å². The highest BCUT2D eigenvalue weighted by Gasteiger charge is 2.42. The summed E-state index contributed by atoms with van der Waals surface area (Å²) in [5.41, 5.74) is 1.20. The van der Waals surface area contributed by atoms with Gasteiger partial charge in [0.1, 0.15) is 35.0 Å². The van der Waals surface area contributed by atoms with Crippen LogP contribution in [0.1, 0.15) is 41.3 Å². The third-order valence-corrected chi connectivity index (χ3v) is 8.25. The lowest BCUT2D eigenvalue weighted by molar-refractivity contribution is -0.0944. The summed E-state index contributed by atoms with van der Waals surface area (Å²) in [6.45, 7) is -0.0173. The number of allylic oxidation sites excluding steroid dienone is 4. The van der Waals surface area contributed by atoms with E-state index >= 15 is 0 Å². The molecule has 1 aliphatic carbocycles. The molecule has 1 aliphatic heterocycles. The summed E-state index contributed by atoms with van der Waals surface area (Å²) in [5.74, 6) is 7.24. The van der Waals surface area contributed by atoms with E-state index in [2.05, 4.69) is 16.8 Å². The van der Waals surface area contributed by atoms with E-state index in [4.69, 9.17) is 18.9 Å². The average Bonchev–Trinajstić information content (AvgIpc) is 3.75. The Kier molecular flexibility index (Phi) is 9.04. The van der Waals surface area contributed by atoms with Crippen LogP contribution >= 0.6 is 0 Å². The van der Waals surface area contributed by atoms with Crippen LogP contribution in [0.5, 0.6) is 11.5 Å². The van der Waals surface area contributed by atoms with Crippen molar-refractivity contribution in [3.8, 4) is 23.3 Å². The van der Waals surface area contributed by atoms with Crippen molar-refractivity contribution in [2.75, 3.05) is 20.8 Å². The van der Waals surface area contributed by atoms with Gasteiger partial charge in [-0.05, 0) is 47.4 Å². The summed E-state index contributed by atoms with van der Waals surface area (Å²) >= 11 is 0. The Morgan fingerprint density at radius 2 is 1.54 bits per heavy atom. The number of nitrogens with zero attached hydrogens (tertiary/aromatic N) is 1. The van der Waals surface area contributed by atoms with Gasteiger partial charge >= 0.3 is 5.69 Å². The lowest BCUT2D eigenvalue weighted by Crippen LogP contribution is -2.38. The van der Waals surface area contributed by atoms with Gasteiger partial charge in [-0.3, -0.25) is 14.3 Å². The maximum atomic E-state index is 12.9. The van der Waals surface area contributed by atoms with Crippen molar-refractivity contribution in [1.82, 2.24) is 9.55 Å². The number of aromatic nitrogens is 2. The van der Waals surface area contributed by atoms with E-state index in [0.29, 0.717) is 17.9 Å². The molecule has 0 spiro atoms. The van der Waals surface area contributed by atoms with Crippen LogP contribution in [0.3, 0.4) is 0 Å². The molecule has 9 heteroatoms. The van der Waals surface area contributed by atoms with E-state index in [1.54, 1.807) is 14.2 Å². The van der Waals surface area contributed by atoms with Gasteiger partial charge < -0.3 is 24.1 Å². The van der Waals surface area contributed by atoms with Crippen molar-refractivity contribution < 1.29 is 24.1 Å². The van der Waals surface area contributed by atoms with Crippen molar-refractivity contribution in [1.29, 1.82) is 0 Å². The van der Waals surface area contributed by atoms with Gasteiger partial charge in [0.05, 0.1) is 26.9 Å². The normalized spacial score (nSPS) is 18.9. The first-order valence-electron chi connectivity index (χ1n) is 15.0. The molecule has 1 fully saturated rings. The number of benzene rings is 3. The summed E-state index contributed by atoms with van der Waals surface area (Å²) in [5, 5.41) is 11.2. The highest BCUT2D eigenvalue weighted by molar-refractivity contribution is 5.50. The topological polar surface area (TPSA) is 112 Å². The number of rotatable bonds is 9. The Morgan fingerprint density at radius 3 is 2.13 bits per heavy atom. The summed E-state index contributed by atoms with van der Waals surface area (Å²) in [4.78, 5) is 27.7. The van der Waals surface area contributed by atoms with Crippen LogP contribution in [0, 0.1) is 11.8 Å². The number of ether oxygens (including phenoxy) is 4. The first-order chi connectivity index (χ1) is 22.4. The molecular weight excluding hydrogens is 584 g/mol. The number of H-pyrrole nitrogens is 1. The molecule has 0 saturated carbocycles. The maximum absolute atomic E-state index is 12.9. The highest BCUT2D eigenvalue weighted by atomic mass is 16.6. The minimum absolute atomic E-state index is 0.0173. The summed E-state index contributed by atoms with van der Waals surface area (Å²) in [7, 11) is 3.23. The van der Waals surface area contributed by atoms with E-state index in [-0.39, 0.29) is 18.6 Å². The van der Waals surface area contributed by atoms with E-state index in [9.17, 15) is 14.7 Å². The standard InChI is InChI=1S/C37H34N2O7/c1-43-30-18-14-28(15-19-30)37(27-10-4-3-5-11-27,29-16-20-31(44-2)21-17-29)45-24-33-32(40)22-34(46-33)39-23-26(35(41)38-36(39)42)13-12-25-8-6-7-9-25/h3-8,10-11,14-21,23,32-34,40H,9,22,24H2,1-2H3,(H,38,41,42)/t32-,33+,34+/m0/s1. The molecule has 4 aromatic rings. The summed E-state index contributed by atoms with van der Waals surface area (Å²) in [6, 6.07) is 25.1. The number of aromatic amines is 1. The fraction of sp³-hybridized carbons (Fsp3) is 0.243. The molecule has 1 saturated heterocycles. The molecule has 9 nitrogen and oxygen atoms in total. The molecule has 46 heavy (non-hydrogen) atoms. The van der Waals surface area contributed by atoms with Crippen molar-refractivity contribution >= 4 is 0 Å². The number of methoxy groups -OCH3 is 2. The van der Waals surface area contributed by atoms with E-state index in [1.165, 1.54) is 10.8 Å². The van der Waals surface area contributed by atoms with Crippen LogP contribution in [0.2, 0.25) is 0 Å². The van der Waals surface area contributed by atoms with E-state index in [1.807, 2.05) is 97.1 Å². The van der Waals surface area contributed by atoms with Gasteiger partial charge in [-0.2, -0.15) is 0 Å². The Labute approximate surface area is 266 Å². The first kappa shape index (κ1) is 30.9. The zero-order valence-corrected chi connectivity index (χ0v) is 25.5. The lowest BCUT2D eigenvalue weighted by Gasteiger charge is -2.37. The zero-order valence-electron chi connectivity index (χ0n) is 25.5. The van der Waals surface area contributed by atoms with Crippen molar-refractivity contribution in [3.05, 3.63) is 152 Å². The molecule has 0 unspecified atom stereocenters. The number of aliphatic hydroxyl groups excluding tert-OH is 1. The maximum Gasteiger partial charge on any atom is 0.330 e. The Bertz CT molecular complexity index is 1870. The molecule has 6 rings (SSSR count). The molecule has 234 valence electrons. The van der Waals surface area contributed by atoms with Crippen LogP contribution in [0.25, 0.3) is 0 Å². The van der Waals surface area contributed by atoms with Crippen molar-refractivity contribution in [2.45, 2.75) is 36.9 Å². The van der Waals surface area contributed by atoms with Crippen LogP contribution in [0.15, 0.2) is 118 Å². The lowest BCUT2D eigenvalue weighted by atomic mass is 9.80. The smallest absolute Gasteiger partial charge is 0.330 e.